The first-order valence-corrected chi connectivity index (χ1v) is 3.98. The molecule has 0 N–H and O–H groups in total. The Morgan fingerprint density at radius 2 is 2.08 bits per heavy atom. The van der Waals surface area contributed by atoms with E-state index in [-0.39, 0.29) is 4.47 Å². The third kappa shape index (κ3) is 1.72. The average Bonchev–Trinajstić information content (AvgIpc) is 2.00. The van der Waals surface area contributed by atoms with Crippen LogP contribution in [-0.4, -0.2) is 4.98 Å². The summed E-state index contributed by atoms with van der Waals surface area (Å²) in [5.74, 6) is -0.915. The van der Waals surface area contributed by atoms with Crippen LogP contribution in [0.2, 0.25) is 5.02 Å². The molecule has 0 saturated heterocycles. The molecule has 0 atom stereocenters. The fraction of sp³-hybridized carbons (Fsp3) is 0.167. The molecule has 0 unspecified atom stereocenters. The van der Waals surface area contributed by atoms with Gasteiger partial charge in [-0.25, -0.2) is 13.2 Å². The van der Waals surface area contributed by atoms with Gasteiger partial charge in [-0.15, -0.1) is 0 Å². The Morgan fingerprint density at radius 3 is 2.58 bits per heavy atom. The standard InChI is InChI=1S/C6H2BrClF3N/c7-2-1-12-5(6(10)11)3(8)4(2)9/h1,6H. The SMILES string of the molecule is Fc1c(Br)cnc(C(F)F)c1Cl. The van der Waals surface area contributed by atoms with E-state index in [9.17, 15) is 13.2 Å². The van der Waals surface area contributed by atoms with Gasteiger partial charge in [-0.3, -0.25) is 4.98 Å². The molecule has 0 aromatic carbocycles. The summed E-state index contributed by atoms with van der Waals surface area (Å²) in [6.07, 6.45) is -1.91. The molecule has 1 aromatic heterocycles. The minimum Gasteiger partial charge on any atom is -0.252 e. The van der Waals surface area contributed by atoms with E-state index < -0.39 is 23.0 Å². The van der Waals surface area contributed by atoms with E-state index in [4.69, 9.17) is 11.6 Å². The maximum absolute atomic E-state index is 12.8. The fourth-order valence-electron chi connectivity index (χ4n) is 0.609. The Labute approximate surface area is 79.7 Å². The summed E-state index contributed by atoms with van der Waals surface area (Å²) in [7, 11) is 0. The van der Waals surface area contributed by atoms with E-state index in [1.165, 1.54) is 0 Å². The van der Waals surface area contributed by atoms with Crippen LogP contribution < -0.4 is 0 Å². The summed E-state index contributed by atoms with van der Waals surface area (Å²) < 4.78 is 36.8. The summed E-state index contributed by atoms with van der Waals surface area (Å²) in [6.45, 7) is 0. The zero-order chi connectivity index (χ0) is 9.30. The molecule has 0 fully saturated rings. The molecule has 1 aromatic rings. The highest BCUT2D eigenvalue weighted by atomic mass is 79.9. The maximum atomic E-state index is 12.8. The maximum Gasteiger partial charge on any atom is 0.281 e. The van der Waals surface area contributed by atoms with Gasteiger partial charge in [0.2, 0.25) is 0 Å². The summed E-state index contributed by atoms with van der Waals surface area (Å²) in [6, 6.07) is 0. The van der Waals surface area contributed by atoms with Gasteiger partial charge < -0.3 is 0 Å². The molecule has 12 heavy (non-hydrogen) atoms. The third-order valence-electron chi connectivity index (χ3n) is 1.15. The molecule has 1 nitrogen and oxygen atoms in total. The molecule has 0 spiro atoms. The Bertz CT molecular complexity index is 305. The smallest absolute Gasteiger partial charge is 0.252 e. The lowest BCUT2D eigenvalue weighted by atomic mass is 10.3. The van der Waals surface area contributed by atoms with Gasteiger partial charge in [-0.1, -0.05) is 11.6 Å². The molecule has 0 radical (unpaired) electrons. The van der Waals surface area contributed by atoms with Crippen molar-refractivity contribution in [3.05, 3.63) is 27.2 Å². The number of nitrogens with zero attached hydrogens (tertiary/aromatic N) is 1. The molecule has 0 aliphatic rings. The number of hydrogen-bond donors (Lipinski definition) is 0. The van der Waals surface area contributed by atoms with Gasteiger partial charge in [0.25, 0.3) is 6.43 Å². The van der Waals surface area contributed by atoms with Crippen LogP contribution in [0.15, 0.2) is 10.7 Å². The van der Waals surface area contributed by atoms with Crippen molar-refractivity contribution < 1.29 is 13.2 Å². The van der Waals surface area contributed by atoms with E-state index in [2.05, 4.69) is 20.9 Å². The van der Waals surface area contributed by atoms with Gasteiger partial charge in [0.1, 0.15) is 10.7 Å². The van der Waals surface area contributed by atoms with Gasteiger partial charge in [0.05, 0.1) is 4.47 Å². The molecule has 1 rings (SSSR count). The van der Waals surface area contributed by atoms with Crippen LogP contribution in [0.1, 0.15) is 12.1 Å². The third-order valence-corrected chi connectivity index (χ3v) is 2.06. The van der Waals surface area contributed by atoms with Crippen LogP contribution in [-0.2, 0) is 0 Å². The first-order valence-electron chi connectivity index (χ1n) is 2.81. The van der Waals surface area contributed by atoms with Crippen molar-refractivity contribution in [2.75, 3.05) is 0 Å². The predicted molar refractivity (Wildman–Crippen MR) is 41.9 cm³/mol. The minimum absolute atomic E-state index is 0.0306. The molecule has 0 bridgehead atoms. The predicted octanol–water partition coefficient (Wildman–Crippen LogP) is 3.57. The lowest BCUT2D eigenvalue weighted by Crippen LogP contribution is -1.94. The molecule has 0 saturated carbocycles. The van der Waals surface area contributed by atoms with Crippen molar-refractivity contribution in [2.45, 2.75) is 6.43 Å². The molecular formula is C6H2BrClF3N. The van der Waals surface area contributed by atoms with Crippen molar-refractivity contribution in [2.24, 2.45) is 0 Å². The van der Waals surface area contributed by atoms with Crippen LogP contribution in [0.4, 0.5) is 13.2 Å². The second kappa shape index (κ2) is 3.62. The van der Waals surface area contributed by atoms with Crippen molar-refractivity contribution >= 4 is 27.5 Å². The first kappa shape index (κ1) is 9.80. The molecule has 0 amide bonds. The highest BCUT2D eigenvalue weighted by molar-refractivity contribution is 9.10. The zero-order valence-electron chi connectivity index (χ0n) is 5.49. The van der Waals surface area contributed by atoms with E-state index in [0.29, 0.717) is 0 Å². The molecule has 0 aliphatic heterocycles. The summed E-state index contributed by atoms with van der Waals surface area (Å²) >= 11 is 8.01. The van der Waals surface area contributed by atoms with Crippen LogP contribution in [0.25, 0.3) is 0 Å². The van der Waals surface area contributed by atoms with E-state index >= 15 is 0 Å². The van der Waals surface area contributed by atoms with Crippen LogP contribution >= 0.6 is 27.5 Å². The molecule has 1 heterocycles. The largest absolute Gasteiger partial charge is 0.281 e. The number of halogens is 5. The zero-order valence-corrected chi connectivity index (χ0v) is 7.83. The quantitative estimate of drug-likeness (QED) is 0.752. The topological polar surface area (TPSA) is 12.9 Å². The van der Waals surface area contributed by atoms with Gasteiger partial charge in [0.15, 0.2) is 5.82 Å². The Hall–Kier alpha value is -0.290. The second-order valence-electron chi connectivity index (χ2n) is 1.92. The summed E-state index contributed by atoms with van der Waals surface area (Å²) in [4.78, 5) is 3.27. The highest BCUT2D eigenvalue weighted by Crippen LogP contribution is 2.30. The van der Waals surface area contributed by atoms with E-state index in [1.807, 2.05) is 0 Å². The lowest BCUT2D eigenvalue weighted by molar-refractivity contribution is 0.145. The van der Waals surface area contributed by atoms with E-state index in [1.54, 1.807) is 0 Å². The number of aromatic nitrogens is 1. The number of rotatable bonds is 1. The monoisotopic (exact) mass is 259 g/mol. The lowest BCUT2D eigenvalue weighted by Gasteiger charge is -2.02. The van der Waals surface area contributed by atoms with E-state index in [0.717, 1.165) is 6.20 Å². The number of alkyl halides is 2. The van der Waals surface area contributed by atoms with Crippen molar-refractivity contribution in [3.63, 3.8) is 0 Å². The molecular weight excluding hydrogens is 258 g/mol. The van der Waals surface area contributed by atoms with Gasteiger partial charge in [-0.2, -0.15) is 0 Å². The van der Waals surface area contributed by atoms with Crippen LogP contribution in [0, 0.1) is 5.82 Å². The fourth-order valence-corrected chi connectivity index (χ4v) is 1.26. The molecule has 66 valence electrons. The van der Waals surface area contributed by atoms with Gasteiger partial charge >= 0.3 is 0 Å². The average molecular weight is 260 g/mol. The Kier molecular flexibility index (Phi) is 2.95. The van der Waals surface area contributed by atoms with Gasteiger partial charge in [-0.05, 0) is 15.9 Å². The van der Waals surface area contributed by atoms with Crippen molar-refractivity contribution in [1.82, 2.24) is 4.98 Å². The Morgan fingerprint density at radius 1 is 1.50 bits per heavy atom. The Balaban J connectivity index is 3.27. The summed E-state index contributed by atoms with van der Waals surface area (Å²) in [5.41, 5.74) is -0.739. The van der Waals surface area contributed by atoms with Crippen molar-refractivity contribution in [1.29, 1.82) is 0 Å². The highest BCUT2D eigenvalue weighted by Gasteiger charge is 2.18. The second-order valence-corrected chi connectivity index (χ2v) is 3.15. The number of hydrogen-bond acceptors (Lipinski definition) is 1. The van der Waals surface area contributed by atoms with Crippen LogP contribution in [0.5, 0.6) is 0 Å². The molecule has 0 aliphatic carbocycles. The normalized spacial score (nSPS) is 10.8. The van der Waals surface area contributed by atoms with Crippen molar-refractivity contribution in [3.8, 4) is 0 Å². The number of pyridine rings is 1. The molecule has 6 heteroatoms. The van der Waals surface area contributed by atoms with Crippen LogP contribution in [0.3, 0.4) is 0 Å². The minimum atomic E-state index is -2.86. The summed E-state index contributed by atoms with van der Waals surface area (Å²) in [5, 5.41) is -0.639. The first-order chi connectivity index (χ1) is 5.54. The van der Waals surface area contributed by atoms with Gasteiger partial charge in [0, 0.05) is 6.20 Å².